The SMILES string of the molecule is CCCCCCCCCCCCCCCCCCOCCOCCOCCOCCOCCOCCOCCOCCOCCOCCOCCOCCOCCCCCCCl. The monoisotopic (exact) mass is 917 g/mol. The molecule has 0 aliphatic heterocycles. The zero-order chi connectivity index (χ0) is 44.4. The van der Waals surface area contributed by atoms with Crippen LogP contribution in [0.15, 0.2) is 0 Å². The van der Waals surface area contributed by atoms with Gasteiger partial charge in [-0.15, -0.1) is 11.6 Å². The molecule has 0 aromatic rings. The van der Waals surface area contributed by atoms with Crippen molar-refractivity contribution in [3.8, 4) is 0 Å². The number of alkyl halides is 1. The topological polar surface area (TPSA) is 120 Å². The summed E-state index contributed by atoms with van der Waals surface area (Å²) in [5.41, 5.74) is 0. The van der Waals surface area contributed by atoms with E-state index < -0.39 is 0 Å². The van der Waals surface area contributed by atoms with Crippen molar-refractivity contribution in [2.75, 3.05) is 178 Å². The molecule has 0 heterocycles. The molecule has 374 valence electrons. The Bertz CT molecular complexity index is 702. The molecule has 0 aliphatic carbocycles. The summed E-state index contributed by atoms with van der Waals surface area (Å²) in [6, 6.07) is 0. The zero-order valence-corrected chi connectivity index (χ0v) is 40.7. The highest BCUT2D eigenvalue weighted by atomic mass is 35.5. The highest BCUT2D eigenvalue weighted by Gasteiger charge is 1.99. The van der Waals surface area contributed by atoms with Crippen LogP contribution in [0.25, 0.3) is 0 Å². The van der Waals surface area contributed by atoms with E-state index in [2.05, 4.69) is 6.92 Å². The van der Waals surface area contributed by atoms with Crippen molar-refractivity contribution in [1.29, 1.82) is 0 Å². The van der Waals surface area contributed by atoms with Crippen LogP contribution in [-0.2, 0) is 61.6 Å². The number of hydrogen-bond acceptors (Lipinski definition) is 13. The minimum Gasteiger partial charge on any atom is -0.379 e. The summed E-state index contributed by atoms with van der Waals surface area (Å²) in [6.45, 7) is 17.0. The summed E-state index contributed by atoms with van der Waals surface area (Å²) >= 11 is 5.67. The minimum absolute atomic E-state index is 0.514. The second-order valence-electron chi connectivity index (χ2n) is 15.4. The van der Waals surface area contributed by atoms with Crippen molar-refractivity contribution in [1.82, 2.24) is 0 Å². The number of halogens is 1. The van der Waals surface area contributed by atoms with E-state index in [1.54, 1.807) is 0 Å². The Hall–Kier alpha value is -0.230. The van der Waals surface area contributed by atoms with E-state index >= 15 is 0 Å². The standard InChI is InChI=1S/C48H97ClO13/c1-2-3-4-5-6-7-8-9-10-11-12-13-14-15-17-20-23-50-25-27-52-29-31-54-33-35-56-37-39-58-41-43-60-45-47-62-48-46-61-44-42-59-40-38-57-36-34-55-32-30-53-28-26-51-24-21-18-16-19-22-49/h2-48H2,1H3. The third-order valence-electron chi connectivity index (χ3n) is 9.78. The van der Waals surface area contributed by atoms with Crippen LogP contribution in [0, 0.1) is 0 Å². The lowest BCUT2D eigenvalue weighted by atomic mass is 10.0. The molecule has 0 saturated carbocycles. The number of unbranched alkanes of at least 4 members (excludes halogenated alkanes) is 18. The molecule has 14 heteroatoms. The van der Waals surface area contributed by atoms with Gasteiger partial charge in [0.25, 0.3) is 0 Å². The van der Waals surface area contributed by atoms with Crippen molar-refractivity contribution in [3.63, 3.8) is 0 Å². The van der Waals surface area contributed by atoms with Crippen molar-refractivity contribution in [2.24, 2.45) is 0 Å². The molecule has 0 atom stereocenters. The fraction of sp³-hybridized carbons (Fsp3) is 1.00. The smallest absolute Gasteiger partial charge is 0.0701 e. The summed E-state index contributed by atoms with van der Waals surface area (Å²) in [7, 11) is 0. The predicted molar refractivity (Wildman–Crippen MR) is 249 cm³/mol. The van der Waals surface area contributed by atoms with Crippen molar-refractivity contribution < 1.29 is 61.6 Å². The average molecular weight is 918 g/mol. The highest BCUT2D eigenvalue weighted by molar-refractivity contribution is 6.17. The fourth-order valence-corrected chi connectivity index (χ4v) is 6.33. The summed E-state index contributed by atoms with van der Waals surface area (Å²) in [4.78, 5) is 0. The van der Waals surface area contributed by atoms with E-state index in [-0.39, 0.29) is 0 Å². The molecule has 0 rings (SSSR count). The van der Waals surface area contributed by atoms with Crippen LogP contribution < -0.4 is 0 Å². The number of hydrogen-bond donors (Lipinski definition) is 0. The molecule has 0 amide bonds. The van der Waals surface area contributed by atoms with Gasteiger partial charge in [-0.2, -0.15) is 0 Å². The highest BCUT2D eigenvalue weighted by Crippen LogP contribution is 2.14. The normalized spacial score (nSPS) is 11.7. The molecule has 0 N–H and O–H groups in total. The van der Waals surface area contributed by atoms with Crippen LogP contribution in [0.2, 0.25) is 0 Å². The quantitative estimate of drug-likeness (QED) is 0.0426. The van der Waals surface area contributed by atoms with Gasteiger partial charge in [-0.25, -0.2) is 0 Å². The van der Waals surface area contributed by atoms with Crippen LogP contribution in [-0.4, -0.2) is 178 Å². The van der Waals surface area contributed by atoms with Gasteiger partial charge in [-0.05, 0) is 19.3 Å². The van der Waals surface area contributed by atoms with Crippen molar-refractivity contribution in [3.05, 3.63) is 0 Å². The van der Waals surface area contributed by atoms with Crippen molar-refractivity contribution in [2.45, 2.75) is 135 Å². The Kier molecular flexibility index (Phi) is 60.5. The van der Waals surface area contributed by atoms with Crippen LogP contribution in [0.3, 0.4) is 0 Å². The van der Waals surface area contributed by atoms with Gasteiger partial charge >= 0.3 is 0 Å². The van der Waals surface area contributed by atoms with E-state index in [4.69, 9.17) is 73.2 Å². The van der Waals surface area contributed by atoms with Gasteiger partial charge in [-0.3, -0.25) is 0 Å². The van der Waals surface area contributed by atoms with Crippen LogP contribution in [0.1, 0.15) is 135 Å². The molecule has 0 bridgehead atoms. The Morgan fingerprint density at radius 3 is 0.500 bits per heavy atom. The average Bonchev–Trinajstić information content (AvgIpc) is 3.28. The molecule has 0 aromatic carbocycles. The lowest BCUT2D eigenvalue weighted by Crippen LogP contribution is -2.15. The van der Waals surface area contributed by atoms with Gasteiger partial charge in [0, 0.05) is 19.1 Å². The summed E-state index contributed by atoms with van der Waals surface area (Å²) in [5, 5.41) is 0. The lowest BCUT2D eigenvalue weighted by molar-refractivity contribution is -0.0290. The Labute approximate surface area is 385 Å². The van der Waals surface area contributed by atoms with Crippen LogP contribution in [0.4, 0.5) is 0 Å². The van der Waals surface area contributed by atoms with Crippen LogP contribution in [0.5, 0.6) is 0 Å². The number of ether oxygens (including phenoxy) is 13. The van der Waals surface area contributed by atoms with E-state index in [1.807, 2.05) is 0 Å². The fourth-order valence-electron chi connectivity index (χ4n) is 6.15. The van der Waals surface area contributed by atoms with E-state index in [0.717, 1.165) is 38.4 Å². The Morgan fingerprint density at radius 1 is 0.177 bits per heavy atom. The molecule has 0 aromatic heterocycles. The van der Waals surface area contributed by atoms with Crippen LogP contribution >= 0.6 is 11.6 Å². The maximum absolute atomic E-state index is 5.70. The summed E-state index contributed by atoms with van der Waals surface area (Å²) in [6.07, 6.45) is 26.7. The molecule has 0 radical (unpaired) electrons. The van der Waals surface area contributed by atoms with Gasteiger partial charge in [0.15, 0.2) is 0 Å². The van der Waals surface area contributed by atoms with Crippen molar-refractivity contribution >= 4 is 11.6 Å². The predicted octanol–water partition coefficient (Wildman–Crippen LogP) is 9.26. The molecule has 0 saturated heterocycles. The maximum atomic E-state index is 5.70. The van der Waals surface area contributed by atoms with Gasteiger partial charge in [0.05, 0.1) is 159 Å². The maximum Gasteiger partial charge on any atom is 0.0701 e. The first-order valence-corrected chi connectivity index (χ1v) is 25.5. The third kappa shape index (κ3) is 59.8. The van der Waals surface area contributed by atoms with E-state index in [0.29, 0.717) is 159 Å². The van der Waals surface area contributed by atoms with Gasteiger partial charge in [0.2, 0.25) is 0 Å². The largest absolute Gasteiger partial charge is 0.379 e. The first-order chi connectivity index (χ1) is 30.9. The Morgan fingerprint density at radius 2 is 0.323 bits per heavy atom. The van der Waals surface area contributed by atoms with Gasteiger partial charge in [-0.1, -0.05) is 116 Å². The second kappa shape index (κ2) is 60.8. The van der Waals surface area contributed by atoms with Gasteiger partial charge in [0.1, 0.15) is 0 Å². The molecule has 0 unspecified atom stereocenters. The van der Waals surface area contributed by atoms with E-state index in [1.165, 1.54) is 109 Å². The third-order valence-corrected chi connectivity index (χ3v) is 10.0. The summed E-state index contributed by atoms with van der Waals surface area (Å²) < 4.78 is 72.1. The second-order valence-corrected chi connectivity index (χ2v) is 15.7. The molecular formula is C48H97ClO13. The van der Waals surface area contributed by atoms with Gasteiger partial charge < -0.3 is 61.6 Å². The molecule has 0 aliphatic rings. The molecule has 62 heavy (non-hydrogen) atoms. The molecular weight excluding hydrogens is 820 g/mol. The summed E-state index contributed by atoms with van der Waals surface area (Å²) in [5.74, 6) is 0.744. The molecule has 13 nitrogen and oxygen atoms in total. The first kappa shape index (κ1) is 61.8. The zero-order valence-electron chi connectivity index (χ0n) is 39.9. The minimum atomic E-state index is 0.514. The molecule has 0 fully saturated rings. The lowest BCUT2D eigenvalue weighted by Gasteiger charge is -2.09. The molecule has 0 spiro atoms. The number of rotatable bonds is 59. The Balaban J connectivity index is 3.06. The first-order valence-electron chi connectivity index (χ1n) is 25.0. The van der Waals surface area contributed by atoms with E-state index in [9.17, 15) is 0 Å².